The minimum Gasteiger partial charge on any atom is -0.497 e. The Bertz CT molecular complexity index is 1230. The van der Waals surface area contributed by atoms with E-state index < -0.39 is 7.05 Å². The Morgan fingerprint density at radius 2 is 1.02 bits per heavy atom. The molecule has 0 bridgehead atoms. The molecule has 0 aromatic heterocycles. The van der Waals surface area contributed by atoms with E-state index in [1.807, 2.05) is 36.4 Å². The zero-order valence-corrected chi connectivity index (χ0v) is 28.0. The summed E-state index contributed by atoms with van der Waals surface area (Å²) < 4.78 is 22.3. The zero-order valence-electron chi connectivity index (χ0n) is 27.1. The molecule has 0 aliphatic heterocycles. The SMILES string of the molecule is C=C(N[C@H](C)C(C)(C)C)N[C@H](CN=P(c1ccc(OC)cc1)(c1ccc(OC)cc1)c1ccc(OC)cc1)C(C)(C)C. The van der Waals surface area contributed by atoms with E-state index >= 15 is 0 Å². The van der Waals surface area contributed by atoms with Crippen LogP contribution in [0.4, 0.5) is 0 Å². The van der Waals surface area contributed by atoms with Crippen molar-refractivity contribution in [3.63, 3.8) is 0 Å². The van der Waals surface area contributed by atoms with Crippen LogP contribution in [-0.2, 0) is 0 Å². The second-order valence-corrected chi connectivity index (χ2v) is 15.9. The van der Waals surface area contributed by atoms with Gasteiger partial charge in [-0.05, 0) is 90.6 Å². The van der Waals surface area contributed by atoms with Gasteiger partial charge in [0.05, 0.1) is 46.8 Å². The lowest BCUT2D eigenvalue weighted by atomic mass is 9.86. The summed E-state index contributed by atoms with van der Waals surface area (Å²) >= 11 is 0. The molecule has 0 saturated carbocycles. The molecule has 0 aliphatic carbocycles. The van der Waals surface area contributed by atoms with Crippen molar-refractivity contribution in [2.45, 2.75) is 60.5 Å². The van der Waals surface area contributed by atoms with Gasteiger partial charge in [-0.3, -0.25) is 4.74 Å². The Kier molecular flexibility index (Phi) is 10.8. The summed E-state index contributed by atoms with van der Waals surface area (Å²) in [6.07, 6.45) is 0. The van der Waals surface area contributed by atoms with Gasteiger partial charge in [-0.25, -0.2) is 0 Å². The summed E-state index contributed by atoms with van der Waals surface area (Å²) in [5.74, 6) is 3.25. The Labute approximate surface area is 253 Å². The van der Waals surface area contributed by atoms with E-state index in [0.717, 1.165) is 39.0 Å². The van der Waals surface area contributed by atoms with Gasteiger partial charge in [-0.2, -0.15) is 0 Å². The van der Waals surface area contributed by atoms with Gasteiger partial charge in [0.25, 0.3) is 0 Å². The van der Waals surface area contributed by atoms with Gasteiger partial charge in [0, 0.05) is 22.0 Å². The standard InChI is InChI=1S/C35H50N3O3P/c1-25(34(3,4)5)37-26(2)38-33(35(6,7)8)24-36-42(30-18-12-27(39-9)13-19-30,31-20-14-28(40-10)15-21-31)32-22-16-29(41-11)17-23-32/h12-23,25,33,37-38H,2,24H2,1,3-11H3/t25-,33-/m1/s1. The molecule has 0 aliphatic rings. The molecule has 0 heterocycles. The van der Waals surface area contributed by atoms with Crippen LogP contribution in [-0.4, -0.2) is 40.0 Å². The van der Waals surface area contributed by atoms with Gasteiger partial charge >= 0.3 is 0 Å². The summed E-state index contributed by atoms with van der Waals surface area (Å²) in [5, 5.41) is 10.7. The molecule has 0 amide bonds. The van der Waals surface area contributed by atoms with Crippen LogP contribution in [0, 0.1) is 10.8 Å². The fourth-order valence-electron chi connectivity index (χ4n) is 4.56. The van der Waals surface area contributed by atoms with Crippen LogP contribution in [0.5, 0.6) is 17.2 Å². The topological polar surface area (TPSA) is 64.1 Å². The maximum absolute atomic E-state index is 5.74. The minimum atomic E-state index is -2.50. The van der Waals surface area contributed by atoms with Crippen LogP contribution in [0.2, 0.25) is 0 Å². The summed E-state index contributed by atoms with van der Waals surface area (Å²) in [6.45, 7) is 20.5. The van der Waals surface area contributed by atoms with Crippen molar-refractivity contribution < 1.29 is 14.2 Å². The molecule has 2 atom stereocenters. The Morgan fingerprint density at radius 1 is 0.667 bits per heavy atom. The van der Waals surface area contributed by atoms with Crippen LogP contribution in [0.3, 0.4) is 0 Å². The quantitative estimate of drug-likeness (QED) is 0.230. The Balaban J connectivity index is 2.23. The van der Waals surface area contributed by atoms with E-state index in [1.165, 1.54) is 0 Å². The molecule has 0 spiro atoms. The van der Waals surface area contributed by atoms with Gasteiger partial charge in [0.1, 0.15) is 17.2 Å². The first kappa shape index (κ1) is 33.1. The first-order chi connectivity index (χ1) is 19.7. The number of nitrogens with zero attached hydrogens (tertiary/aromatic N) is 1. The lowest BCUT2D eigenvalue weighted by Gasteiger charge is -2.36. The van der Waals surface area contributed by atoms with Crippen molar-refractivity contribution in [1.82, 2.24) is 10.6 Å². The summed E-state index contributed by atoms with van der Waals surface area (Å²) in [7, 11) is 2.57. The smallest absolute Gasteiger partial charge is 0.118 e. The van der Waals surface area contributed by atoms with Crippen LogP contribution < -0.4 is 40.8 Å². The van der Waals surface area contributed by atoms with Crippen molar-refractivity contribution in [2.75, 3.05) is 27.9 Å². The van der Waals surface area contributed by atoms with Crippen molar-refractivity contribution in [1.29, 1.82) is 0 Å². The number of nitrogens with one attached hydrogen (secondary N) is 2. The highest BCUT2D eigenvalue weighted by atomic mass is 31.2. The highest BCUT2D eigenvalue weighted by Crippen LogP contribution is 2.47. The number of hydrogen-bond donors (Lipinski definition) is 2. The van der Waals surface area contributed by atoms with E-state index in [1.54, 1.807) is 21.3 Å². The molecule has 3 rings (SSSR count). The summed E-state index contributed by atoms with van der Waals surface area (Å²) in [5.41, 5.74) is 0.0124. The molecule has 42 heavy (non-hydrogen) atoms. The minimum absolute atomic E-state index is 0.0267. The molecule has 7 heteroatoms. The average molecular weight is 592 g/mol. The van der Waals surface area contributed by atoms with Crippen molar-refractivity contribution in [3.05, 3.63) is 85.2 Å². The molecule has 228 valence electrons. The number of ether oxygens (including phenoxy) is 3. The third-order valence-electron chi connectivity index (χ3n) is 7.90. The maximum Gasteiger partial charge on any atom is 0.118 e. The predicted molar refractivity (Wildman–Crippen MR) is 180 cm³/mol. The van der Waals surface area contributed by atoms with Gasteiger partial charge in [0.15, 0.2) is 0 Å². The fraction of sp³-hybridized carbons (Fsp3) is 0.429. The molecule has 0 fully saturated rings. The summed E-state index contributed by atoms with van der Waals surface area (Å²) in [6, 6.07) is 25.3. The Hall–Kier alpha value is -3.37. The van der Waals surface area contributed by atoms with Crippen LogP contribution >= 0.6 is 7.05 Å². The molecule has 0 radical (unpaired) electrons. The van der Waals surface area contributed by atoms with Crippen LogP contribution in [0.15, 0.2) is 89.9 Å². The normalized spacial score (nSPS) is 13.5. The van der Waals surface area contributed by atoms with E-state index in [2.05, 4.69) is 102 Å². The first-order valence-electron chi connectivity index (χ1n) is 14.5. The van der Waals surface area contributed by atoms with Gasteiger partial charge in [-0.1, -0.05) is 48.1 Å². The second kappa shape index (κ2) is 13.7. The predicted octanol–water partition coefficient (Wildman–Crippen LogP) is 6.69. The molecular weight excluding hydrogens is 541 g/mol. The zero-order chi connectivity index (χ0) is 31.1. The molecule has 6 nitrogen and oxygen atoms in total. The van der Waals surface area contributed by atoms with Gasteiger partial charge < -0.3 is 24.8 Å². The molecule has 0 saturated heterocycles. The van der Waals surface area contributed by atoms with E-state index in [4.69, 9.17) is 19.0 Å². The van der Waals surface area contributed by atoms with E-state index in [9.17, 15) is 0 Å². The number of benzene rings is 3. The van der Waals surface area contributed by atoms with Crippen LogP contribution in [0.25, 0.3) is 0 Å². The summed E-state index contributed by atoms with van der Waals surface area (Å²) in [4.78, 5) is 0. The van der Waals surface area contributed by atoms with Crippen LogP contribution in [0.1, 0.15) is 48.5 Å². The molecule has 3 aromatic rings. The third kappa shape index (κ3) is 7.92. The van der Waals surface area contributed by atoms with Gasteiger partial charge in [0.2, 0.25) is 0 Å². The number of hydrogen-bond acceptors (Lipinski definition) is 6. The lowest BCUT2D eigenvalue weighted by molar-refractivity contribution is 0.264. The van der Waals surface area contributed by atoms with Crippen molar-refractivity contribution in [3.8, 4) is 17.2 Å². The lowest BCUT2D eigenvalue weighted by Crippen LogP contribution is -2.48. The second-order valence-electron chi connectivity index (χ2n) is 12.8. The average Bonchev–Trinajstić information content (AvgIpc) is 2.96. The first-order valence-corrected chi connectivity index (χ1v) is 16.2. The number of methoxy groups -OCH3 is 3. The highest BCUT2D eigenvalue weighted by molar-refractivity contribution is 7.87. The Morgan fingerprint density at radius 3 is 1.31 bits per heavy atom. The van der Waals surface area contributed by atoms with Crippen molar-refractivity contribution in [2.24, 2.45) is 15.6 Å². The van der Waals surface area contributed by atoms with E-state index in [-0.39, 0.29) is 22.9 Å². The fourth-order valence-corrected chi connectivity index (χ4v) is 8.09. The van der Waals surface area contributed by atoms with Crippen molar-refractivity contribution >= 4 is 23.0 Å². The maximum atomic E-state index is 5.74. The largest absolute Gasteiger partial charge is 0.497 e. The highest BCUT2D eigenvalue weighted by Gasteiger charge is 2.31. The number of rotatable bonds is 12. The third-order valence-corrected chi connectivity index (χ3v) is 11.6. The monoisotopic (exact) mass is 591 g/mol. The molecular formula is C35H50N3O3P. The van der Waals surface area contributed by atoms with Gasteiger partial charge in [-0.15, -0.1) is 0 Å². The molecule has 0 unspecified atom stereocenters. The molecule has 3 aromatic carbocycles. The molecule has 2 N–H and O–H groups in total. The van der Waals surface area contributed by atoms with E-state index in [0.29, 0.717) is 6.54 Å².